The Bertz CT molecular complexity index is 1570. The molecule has 0 atom stereocenters. The van der Waals surface area contributed by atoms with Crippen molar-refractivity contribution in [1.29, 1.82) is 0 Å². The van der Waals surface area contributed by atoms with E-state index in [0.717, 1.165) is 28.5 Å². The molecule has 2 N–H and O–H groups in total. The number of carbonyl (C=O) groups is 1. The average molecular weight is 535 g/mol. The number of benzene rings is 3. The molecule has 5 nitrogen and oxygen atoms in total. The van der Waals surface area contributed by atoms with E-state index < -0.39 is 27.1 Å². The van der Waals surface area contributed by atoms with Gasteiger partial charge in [-0.15, -0.1) is 11.3 Å². The predicted octanol–water partition coefficient (Wildman–Crippen LogP) is 6.78. The van der Waals surface area contributed by atoms with Crippen molar-refractivity contribution in [3.05, 3.63) is 93.3 Å². The van der Waals surface area contributed by atoms with Gasteiger partial charge in [-0.1, -0.05) is 31.5 Å². The molecule has 0 bridgehead atoms. The third-order valence-electron chi connectivity index (χ3n) is 5.56. The smallest absolute Gasteiger partial charge is 0.265 e. The van der Waals surface area contributed by atoms with E-state index in [0.29, 0.717) is 32.4 Å². The van der Waals surface area contributed by atoms with E-state index in [-0.39, 0.29) is 5.91 Å². The monoisotopic (exact) mass is 534 g/mol. The van der Waals surface area contributed by atoms with Gasteiger partial charge in [0.15, 0.2) is 11.6 Å². The number of nitrogens with one attached hydrogen (secondary N) is 2. The Morgan fingerprint density at radius 2 is 1.66 bits per heavy atom. The van der Waals surface area contributed by atoms with E-state index in [1.807, 2.05) is 13.8 Å². The largest absolute Gasteiger partial charge is 0.321 e. The molecule has 1 heterocycles. The number of thiophene rings is 1. The molecule has 1 amide bonds. The first-order chi connectivity index (χ1) is 16.3. The van der Waals surface area contributed by atoms with E-state index in [2.05, 4.69) is 10.0 Å². The maximum Gasteiger partial charge on any atom is 0.265 e. The van der Waals surface area contributed by atoms with Crippen LogP contribution in [0, 0.1) is 11.6 Å². The summed E-state index contributed by atoms with van der Waals surface area (Å²) in [5, 5.41) is 3.94. The zero-order valence-corrected chi connectivity index (χ0v) is 21.3. The molecule has 0 spiro atoms. The Labute approximate surface area is 210 Å². The highest BCUT2D eigenvalue weighted by molar-refractivity contribution is 7.92. The van der Waals surface area contributed by atoms with Gasteiger partial charge in [-0.05, 0) is 71.1 Å². The minimum Gasteiger partial charge on any atom is -0.321 e. The fourth-order valence-corrected chi connectivity index (χ4v) is 5.43. The van der Waals surface area contributed by atoms with E-state index in [4.69, 9.17) is 11.6 Å². The first kappa shape index (κ1) is 25.1. The summed E-state index contributed by atoms with van der Waals surface area (Å²) in [7, 11) is -3.42. The van der Waals surface area contributed by atoms with Crippen LogP contribution in [0.3, 0.4) is 0 Å². The summed E-state index contributed by atoms with van der Waals surface area (Å²) in [6.45, 7) is 3.70. The quantitative estimate of drug-likeness (QED) is 0.286. The van der Waals surface area contributed by atoms with Gasteiger partial charge < -0.3 is 5.32 Å². The predicted molar refractivity (Wildman–Crippen MR) is 138 cm³/mol. The molecule has 3 aromatic carbocycles. The van der Waals surface area contributed by atoms with E-state index in [1.54, 1.807) is 42.5 Å². The Balaban J connectivity index is 1.61. The number of carbonyl (C=O) groups excluding carboxylic acids is 1. The molecule has 0 aliphatic rings. The van der Waals surface area contributed by atoms with Crippen molar-refractivity contribution >= 4 is 60.3 Å². The van der Waals surface area contributed by atoms with Crippen LogP contribution in [0.15, 0.2) is 60.7 Å². The number of sulfonamides is 1. The van der Waals surface area contributed by atoms with Crippen molar-refractivity contribution in [2.24, 2.45) is 0 Å². The minimum atomic E-state index is -3.42. The van der Waals surface area contributed by atoms with Crippen LogP contribution >= 0.6 is 22.9 Å². The maximum absolute atomic E-state index is 13.8. The molecule has 0 unspecified atom stereocenters. The molecular weight excluding hydrogens is 514 g/mol. The number of amides is 1. The lowest BCUT2D eigenvalue weighted by Crippen LogP contribution is -2.20. The van der Waals surface area contributed by atoms with E-state index in [9.17, 15) is 22.0 Å². The molecule has 0 radical (unpaired) electrons. The topological polar surface area (TPSA) is 75.3 Å². The third-order valence-corrected chi connectivity index (χ3v) is 7.50. The lowest BCUT2D eigenvalue weighted by atomic mass is 9.78. The van der Waals surface area contributed by atoms with Crippen LogP contribution in [0.1, 0.15) is 34.6 Å². The number of halogens is 3. The van der Waals surface area contributed by atoms with Gasteiger partial charge in [-0.25, -0.2) is 17.2 Å². The van der Waals surface area contributed by atoms with Crippen LogP contribution in [-0.4, -0.2) is 20.6 Å². The molecule has 0 aliphatic carbocycles. The highest BCUT2D eigenvalue weighted by atomic mass is 35.5. The average Bonchev–Trinajstić information content (AvgIpc) is 3.17. The van der Waals surface area contributed by atoms with Crippen molar-refractivity contribution in [2.75, 3.05) is 16.3 Å². The summed E-state index contributed by atoms with van der Waals surface area (Å²) in [6.07, 6.45) is 1.07. The fraction of sp³-hybridized carbons (Fsp3) is 0.160. The Kier molecular flexibility index (Phi) is 6.61. The van der Waals surface area contributed by atoms with E-state index in [1.165, 1.54) is 17.4 Å². The second-order valence-corrected chi connectivity index (χ2v) is 11.9. The lowest BCUT2D eigenvalue weighted by molar-refractivity contribution is 0.103. The van der Waals surface area contributed by atoms with Crippen molar-refractivity contribution in [3.8, 4) is 0 Å². The van der Waals surface area contributed by atoms with Gasteiger partial charge in [0.05, 0.1) is 11.1 Å². The number of hydrogen-bond donors (Lipinski definition) is 2. The van der Waals surface area contributed by atoms with Crippen molar-refractivity contribution < 1.29 is 22.0 Å². The Morgan fingerprint density at radius 1 is 0.914 bits per heavy atom. The van der Waals surface area contributed by atoms with Crippen LogP contribution in [0.25, 0.3) is 10.1 Å². The summed E-state index contributed by atoms with van der Waals surface area (Å²) in [6, 6.07) is 15.5. The van der Waals surface area contributed by atoms with Gasteiger partial charge in [0.2, 0.25) is 10.0 Å². The van der Waals surface area contributed by atoms with Gasteiger partial charge in [-0.2, -0.15) is 0 Å². The van der Waals surface area contributed by atoms with Gasteiger partial charge in [0.25, 0.3) is 5.91 Å². The Hall–Kier alpha value is -3.01. The first-order valence-electron chi connectivity index (χ1n) is 10.4. The summed E-state index contributed by atoms with van der Waals surface area (Å²) < 4.78 is 53.5. The second kappa shape index (κ2) is 9.22. The highest BCUT2D eigenvalue weighted by Crippen LogP contribution is 2.36. The van der Waals surface area contributed by atoms with Crippen LogP contribution in [0.2, 0.25) is 5.02 Å². The molecule has 4 aromatic rings. The molecule has 182 valence electrons. The summed E-state index contributed by atoms with van der Waals surface area (Å²) in [5.74, 6) is -2.22. The number of anilines is 2. The number of rotatable bonds is 6. The van der Waals surface area contributed by atoms with E-state index >= 15 is 0 Å². The van der Waals surface area contributed by atoms with Gasteiger partial charge in [-0.3, -0.25) is 9.52 Å². The molecule has 35 heavy (non-hydrogen) atoms. The third kappa shape index (κ3) is 5.63. The fourth-order valence-electron chi connectivity index (χ4n) is 3.70. The summed E-state index contributed by atoms with van der Waals surface area (Å²) in [4.78, 5) is 13.4. The molecular formula is C25H21ClF2N2O3S2. The second-order valence-electron chi connectivity index (χ2n) is 8.67. The summed E-state index contributed by atoms with van der Waals surface area (Å²) >= 11 is 7.59. The number of fused-ring (bicyclic) bond motifs is 1. The standard InChI is InChI=1S/C25H21ClF2N2O3S2/c1-25(2,15-4-6-20(27)21(28)12-15)16-10-17(26)13-19(11-16)29-24(31)23-9-14-8-18(30-35(3,32)33)5-7-22(14)34-23/h4-13,30H,1-3H3,(H,29,31). The van der Waals surface area contributed by atoms with Crippen molar-refractivity contribution in [2.45, 2.75) is 19.3 Å². The van der Waals surface area contributed by atoms with Crippen molar-refractivity contribution in [1.82, 2.24) is 0 Å². The zero-order chi connectivity index (χ0) is 25.5. The molecule has 0 saturated carbocycles. The zero-order valence-electron chi connectivity index (χ0n) is 18.9. The maximum atomic E-state index is 13.8. The van der Waals surface area contributed by atoms with Gasteiger partial charge in [0.1, 0.15) is 0 Å². The molecule has 0 fully saturated rings. The highest BCUT2D eigenvalue weighted by Gasteiger charge is 2.26. The number of hydrogen-bond acceptors (Lipinski definition) is 4. The molecule has 4 rings (SSSR count). The van der Waals surface area contributed by atoms with Crippen LogP contribution in [-0.2, 0) is 15.4 Å². The van der Waals surface area contributed by atoms with Gasteiger partial charge >= 0.3 is 0 Å². The Morgan fingerprint density at radius 3 is 2.34 bits per heavy atom. The minimum absolute atomic E-state index is 0.359. The SMILES string of the molecule is CC(C)(c1cc(Cl)cc(NC(=O)c2cc3cc(NS(C)(=O)=O)ccc3s2)c1)c1ccc(F)c(F)c1. The normalized spacial score (nSPS) is 12.1. The van der Waals surface area contributed by atoms with Gasteiger partial charge in [0, 0.05) is 26.5 Å². The van der Waals surface area contributed by atoms with Crippen LogP contribution < -0.4 is 10.0 Å². The molecule has 1 aromatic heterocycles. The van der Waals surface area contributed by atoms with Crippen molar-refractivity contribution in [3.63, 3.8) is 0 Å². The van der Waals surface area contributed by atoms with Crippen LogP contribution in [0.5, 0.6) is 0 Å². The molecule has 10 heteroatoms. The first-order valence-corrected chi connectivity index (χ1v) is 13.5. The lowest BCUT2D eigenvalue weighted by Gasteiger charge is -2.27. The summed E-state index contributed by atoms with van der Waals surface area (Å²) in [5.41, 5.74) is 1.39. The molecule has 0 saturated heterocycles. The van der Waals surface area contributed by atoms with Crippen LogP contribution in [0.4, 0.5) is 20.2 Å². The molecule has 0 aliphatic heterocycles.